The summed E-state index contributed by atoms with van der Waals surface area (Å²) in [6.07, 6.45) is 2.74. The Labute approximate surface area is 80.2 Å². The van der Waals surface area contributed by atoms with Gasteiger partial charge in [0.15, 0.2) is 5.78 Å². The molecule has 0 bridgehead atoms. The summed E-state index contributed by atoms with van der Waals surface area (Å²) in [7, 11) is 0. The fourth-order valence-corrected chi connectivity index (χ4v) is 1.36. The molecular weight excluding hydrogens is 183 g/mol. The molecule has 0 spiro atoms. The van der Waals surface area contributed by atoms with Gasteiger partial charge in [0, 0.05) is 13.1 Å². The standard InChI is InChI=1S/C10H9FN2O/c1-6-3-10-12-4-9(7(2)14)13(10)5-8(6)11/h3-5H,1-2H3. The first-order valence-corrected chi connectivity index (χ1v) is 4.24. The molecule has 4 heteroatoms. The number of carbonyl (C=O) groups excluding carboxylic acids is 1. The van der Waals surface area contributed by atoms with Crippen molar-refractivity contribution >= 4 is 11.4 Å². The highest BCUT2D eigenvalue weighted by Crippen LogP contribution is 2.12. The third-order valence-electron chi connectivity index (χ3n) is 2.15. The minimum absolute atomic E-state index is 0.124. The molecule has 2 heterocycles. The van der Waals surface area contributed by atoms with Crippen LogP contribution in [0.4, 0.5) is 4.39 Å². The quantitative estimate of drug-likeness (QED) is 0.647. The summed E-state index contributed by atoms with van der Waals surface area (Å²) in [4.78, 5) is 15.2. The van der Waals surface area contributed by atoms with Crippen LogP contribution in [-0.2, 0) is 0 Å². The van der Waals surface area contributed by atoms with Gasteiger partial charge in [-0.25, -0.2) is 9.37 Å². The maximum atomic E-state index is 13.2. The summed E-state index contributed by atoms with van der Waals surface area (Å²) >= 11 is 0. The van der Waals surface area contributed by atoms with Gasteiger partial charge in [0.1, 0.15) is 17.2 Å². The smallest absolute Gasteiger partial charge is 0.178 e. The van der Waals surface area contributed by atoms with Gasteiger partial charge < -0.3 is 0 Å². The Bertz CT molecular complexity index is 516. The Hall–Kier alpha value is -1.71. The first-order valence-electron chi connectivity index (χ1n) is 4.24. The van der Waals surface area contributed by atoms with E-state index in [1.807, 2.05) is 0 Å². The van der Waals surface area contributed by atoms with Crippen molar-refractivity contribution < 1.29 is 9.18 Å². The van der Waals surface area contributed by atoms with Crippen LogP contribution in [0, 0.1) is 12.7 Å². The van der Waals surface area contributed by atoms with Crippen molar-refractivity contribution in [3.05, 3.63) is 35.5 Å². The van der Waals surface area contributed by atoms with Crippen LogP contribution in [0.25, 0.3) is 5.65 Å². The van der Waals surface area contributed by atoms with E-state index in [2.05, 4.69) is 4.98 Å². The van der Waals surface area contributed by atoms with Crippen LogP contribution in [0.2, 0.25) is 0 Å². The van der Waals surface area contributed by atoms with Gasteiger partial charge in [-0.05, 0) is 18.6 Å². The van der Waals surface area contributed by atoms with E-state index in [9.17, 15) is 9.18 Å². The van der Waals surface area contributed by atoms with E-state index in [-0.39, 0.29) is 11.6 Å². The largest absolute Gasteiger partial charge is 0.294 e. The molecule has 0 aliphatic carbocycles. The van der Waals surface area contributed by atoms with Gasteiger partial charge in [0.2, 0.25) is 0 Å². The molecule has 2 aromatic heterocycles. The first-order chi connectivity index (χ1) is 6.59. The lowest BCUT2D eigenvalue weighted by molar-refractivity contribution is 0.101. The molecule has 0 unspecified atom stereocenters. The van der Waals surface area contributed by atoms with Crippen LogP contribution < -0.4 is 0 Å². The number of fused-ring (bicyclic) bond motifs is 1. The minimum atomic E-state index is -0.335. The SMILES string of the molecule is CC(=O)c1cnc2cc(C)c(F)cn12. The monoisotopic (exact) mass is 192 g/mol. The predicted molar refractivity (Wildman–Crippen MR) is 49.9 cm³/mol. The number of pyridine rings is 1. The van der Waals surface area contributed by atoms with E-state index in [1.165, 1.54) is 23.7 Å². The van der Waals surface area contributed by atoms with Crippen molar-refractivity contribution in [2.75, 3.05) is 0 Å². The normalized spacial score (nSPS) is 10.8. The van der Waals surface area contributed by atoms with E-state index in [4.69, 9.17) is 0 Å². The summed E-state index contributed by atoms with van der Waals surface area (Å²) in [6.45, 7) is 3.10. The third kappa shape index (κ3) is 1.19. The first kappa shape index (κ1) is 8.87. The minimum Gasteiger partial charge on any atom is -0.294 e. The summed E-state index contributed by atoms with van der Waals surface area (Å²) in [5.74, 6) is -0.459. The van der Waals surface area contributed by atoms with Crippen LogP contribution in [0.3, 0.4) is 0 Å². The molecule has 0 fully saturated rings. The van der Waals surface area contributed by atoms with Gasteiger partial charge in [-0.1, -0.05) is 0 Å². The van der Waals surface area contributed by atoms with Crippen molar-refractivity contribution in [1.82, 2.24) is 9.38 Å². The number of Topliss-reactive ketones (excluding diaryl/α,β-unsaturated/α-hetero) is 1. The molecule has 0 atom stereocenters. The molecule has 0 saturated heterocycles. The number of carbonyl (C=O) groups is 1. The number of imidazole rings is 1. The van der Waals surface area contributed by atoms with E-state index in [0.29, 0.717) is 16.9 Å². The summed E-state index contributed by atoms with van der Waals surface area (Å²) < 4.78 is 14.7. The molecular formula is C10H9FN2O. The fraction of sp³-hybridized carbons (Fsp3) is 0.200. The molecule has 0 aromatic carbocycles. The second kappa shape index (κ2) is 2.90. The zero-order valence-corrected chi connectivity index (χ0v) is 7.91. The van der Waals surface area contributed by atoms with Crippen molar-refractivity contribution in [2.45, 2.75) is 13.8 Å². The highest BCUT2D eigenvalue weighted by Gasteiger charge is 2.09. The number of ketones is 1. The van der Waals surface area contributed by atoms with Crippen LogP contribution in [0.5, 0.6) is 0 Å². The Morgan fingerprint density at radius 2 is 2.29 bits per heavy atom. The van der Waals surface area contributed by atoms with E-state index >= 15 is 0 Å². The maximum absolute atomic E-state index is 13.2. The number of hydrogen-bond donors (Lipinski definition) is 0. The molecule has 0 amide bonds. The summed E-state index contributed by atoms with van der Waals surface area (Å²) in [6, 6.07) is 1.61. The van der Waals surface area contributed by atoms with E-state index in [0.717, 1.165) is 0 Å². The zero-order valence-electron chi connectivity index (χ0n) is 7.91. The summed E-state index contributed by atoms with van der Waals surface area (Å²) in [5, 5.41) is 0. The highest BCUT2D eigenvalue weighted by atomic mass is 19.1. The lowest BCUT2D eigenvalue weighted by Gasteiger charge is -2.00. The molecule has 14 heavy (non-hydrogen) atoms. The Morgan fingerprint density at radius 3 is 2.93 bits per heavy atom. The Balaban J connectivity index is 2.80. The van der Waals surface area contributed by atoms with Crippen LogP contribution in [-0.4, -0.2) is 15.2 Å². The zero-order chi connectivity index (χ0) is 10.3. The van der Waals surface area contributed by atoms with E-state index in [1.54, 1.807) is 13.0 Å². The van der Waals surface area contributed by atoms with Crippen molar-refractivity contribution in [3.8, 4) is 0 Å². The number of nitrogens with zero attached hydrogens (tertiary/aromatic N) is 2. The number of aromatic nitrogens is 2. The Kier molecular flexibility index (Phi) is 1.84. The van der Waals surface area contributed by atoms with Gasteiger partial charge in [0.05, 0.1) is 6.20 Å². The molecule has 0 radical (unpaired) electrons. The lowest BCUT2D eigenvalue weighted by Crippen LogP contribution is -1.99. The molecule has 2 rings (SSSR count). The molecule has 72 valence electrons. The van der Waals surface area contributed by atoms with Gasteiger partial charge >= 0.3 is 0 Å². The molecule has 0 aliphatic rings. The molecule has 3 nitrogen and oxygen atoms in total. The second-order valence-corrected chi connectivity index (χ2v) is 3.23. The average molecular weight is 192 g/mol. The highest BCUT2D eigenvalue weighted by molar-refractivity contribution is 5.93. The van der Waals surface area contributed by atoms with Gasteiger partial charge in [-0.3, -0.25) is 9.20 Å². The average Bonchev–Trinajstić information content (AvgIpc) is 2.48. The number of aryl methyl sites for hydroxylation is 1. The van der Waals surface area contributed by atoms with Crippen molar-refractivity contribution in [3.63, 3.8) is 0 Å². The molecule has 0 saturated carbocycles. The number of halogens is 1. The maximum Gasteiger partial charge on any atom is 0.178 e. The Morgan fingerprint density at radius 1 is 1.57 bits per heavy atom. The summed E-state index contributed by atoms with van der Waals surface area (Å²) in [5.41, 5.74) is 1.52. The van der Waals surface area contributed by atoms with Crippen molar-refractivity contribution in [2.24, 2.45) is 0 Å². The van der Waals surface area contributed by atoms with Gasteiger partial charge in [-0.15, -0.1) is 0 Å². The molecule has 2 aromatic rings. The second-order valence-electron chi connectivity index (χ2n) is 3.23. The third-order valence-corrected chi connectivity index (χ3v) is 2.15. The van der Waals surface area contributed by atoms with Crippen LogP contribution >= 0.6 is 0 Å². The van der Waals surface area contributed by atoms with Crippen LogP contribution in [0.15, 0.2) is 18.5 Å². The van der Waals surface area contributed by atoms with Crippen LogP contribution in [0.1, 0.15) is 23.0 Å². The van der Waals surface area contributed by atoms with Crippen molar-refractivity contribution in [1.29, 1.82) is 0 Å². The molecule has 0 N–H and O–H groups in total. The lowest BCUT2D eigenvalue weighted by atomic mass is 10.3. The number of hydrogen-bond acceptors (Lipinski definition) is 2. The molecule has 0 aliphatic heterocycles. The topological polar surface area (TPSA) is 34.4 Å². The predicted octanol–water partition coefficient (Wildman–Crippen LogP) is 1.98. The fourth-order valence-electron chi connectivity index (χ4n) is 1.36. The van der Waals surface area contributed by atoms with E-state index < -0.39 is 0 Å². The van der Waals surface area contributed by atoms with Gasteiger partial charge in [-0.2, -0.15) is 0 Å². The number of rotatable bonds is 1. The van der Waals surface area contributed by atoms with Gasteiger partial charge in [0.25, 0.3) is 0 Å².